The molecule has 2 heteroatoms. The molecule has 4 aromatic rings. The van der Waals surface area contributed by atoms with Crippen LogP contribution < -0.4 is 0 Å². The van der Waals surface area contributed by atoms with Gasteiger partial charge in [-0.1, -0.05) is 74.5 Å². The number of aryl methyl sites for hydroxylation is 1. The van der Waals surface area contributed by atoms with Crippen molar-refractivity contribution in [1.82, 2.24) is 0 Å². The average molecular weight is 342 g/mol. The molecule has 0 unspecified atom stereocenters. The highest BCUT2D eigenvalue weighted by molar-refractivity contribution is 6.05. The van der Waals surface area contributed by atoms with Gasteiger partial charge in [0.25, 0.3) is 0 Å². The van der Waals surface area contributed by atoms with E-state index in [0.29, 0.717) is 5.75 Å². The highest BCUT2D eigenvalue weighted by Crippen LogP contribution is 2.46. The Labute approximate surface area is 153 Å². The number of aromatic hydroxyl groups is 1. The number of rotatable bonds is 3. The maximum Gasteiger partial charge on any atom is 0.143 e. The second-order valence-corrected chi connectivity index (χ2v) is 7.01. The zero-order valence-corrected chi connectivity index (χ0v) is 15.3. The maximum absolute atomic E-state index is 10.6. The normalized spacial score (nSPS) is 11.4. The first kappa shape index (κ1) is 16.5. The number of phenols is 1. The summed E-state index contributed by atoms with van der Waals surface area (Å²) in [6, 6.07) is 22.3. The first-order valence-corrected chi connectivity index (χ1v) is 8.97. The SMILES string of the molecule is Cc1c(O)cc(C(C)C)c2oc(-c3ccccc3)c(-c3ccccc3)c12. The fourth-order valence-electron chi connectivity index (χ4n) is 3.54. The minimum absolute atomic E-state index is 0.252. The first-order valence-electron chi connectivity index (χ1n) is 8.97. The van der Waals surface area contributed by atoms with E-state index in [4.69, 9.17) is 4.42 Å². The third-order valence-electron chi connectivity index (χ3n) is 4.94. The van der Waals surface area contributed by atoms with Gasteiger partial charge in [-0.15, -0.1) is 0 Å². The second-order valence-electron chi connectivity index (χ2n) is 7.01. The molecule has 0 amide bonds. The molecule has 0 aliphatic rings. The Kier molecular flexibility index (Phi) is 4.04. The molecule has 3 aromatic carbocycles. The predicted octanol–water partition coefficient (Wildman–Crippen LogP) is 6.90. The fourth-order valence-corrected chi connectivity index (χ4v) is 3.54. The lowest BCUT2D eigenvalue weighted by Gasteiger charge is -2.10. The van der Waals surface area contributed by atoms with Crippen LogP contribution >= 0.6 is 0 Å². The van der Waals surface area contributed by atoms with E-state index in [2.05, 4.69) is 38.1 Å². The number of hydrogen-bond donors (Lipinski definition) is 1. The van der Waals surface area contributed by atoms with Gasteiger partial charge in [0, 0.05) is 27.6 Å². The van der Waals surface area contributed by atoms with Gasteiger partial charge in [-0.2, -0.15) is 0 Å². The summed E-state index contributed by atoms with van der Waals surface area (Å²) in [7, 11) is 0. The van der Waals surface area contributed by atoms with Crippen LogP contribution in [0.1, 0.15) is 30.9 Å². The van der Waals surface area contributed by atoms with Crippen LogP contribution in [-0.2, 0) is 0 Å². The molecule has 0 fully saturated rings. The van der Waals surface area contributed by atoms with Gasteiger partial charge in [-0.25, -0.2) is 0 Å². The Hall–Kier alpha value is -3.00. The third kappa shape index (κ3) is 2.59. The molecule has 0 saturated heterocycles. The summed E-state index contributed by atoms with van der Waals surface area (Å²) in [5.74, 6) is 1.42. The highest BCUT2D eigenvalue weighted by Gasteiger charge is 2.23. The Bertz CT molecular complexity index is 1060. The zero-order valence-electron chi connectivity index (χ0n) is 15.3. The Morgan fingerprint density at radius 3 is 2.00 bits per heavy atom. The molecule has 0 saturated carbocycles. The van der Waals surface area contributed by atoms with E-state index in [1.807, 2.05) is 49.4 Å². The molecule has 0 spiro atoms. The lowest BCUT2D eigenvalue weighted by Crippen LogP contribution is -1.90. The van der Waals surface area contributed by atoms with E-state index in [1.165, 1.54) is 0 Å². The number of furan rings is 1. The van der Waals surface area contributed by atoms with Crippen molar-refractivity contribution in [3.8, 4) is 28.2 Å². The molecule has 0 aliphatic heterocycles. The van der Waals surface area contributed by atoms with Crippen LogP contribution in [0.4, 0.5) is 0 Å². The summed E-state index contributed by atoms with van der Waals surface area (Å²) in [6.45, 7) is 6.20. The van der Waals surface area contributed by atoms with Crippen molar-refractivity contribution < 1.29 is 9.52 Å². The van der Waals surface area contributed by atoms with Gasteiger partial charge >= 0.3 is 0 Å². The van der Waals surface area contributed by atoms with Crippen LogP contribution in [0.3, 0.4) is 0 Å². The molecule has 2 nitrogen and oxygen atoms in total. The van der Waals surface area contributed by atoms with E-state index < -0.39 is 0 Å². The second kappa shape index (κ2) is 6.38. The number of phenolic OH excluding ortho intramolecular Hbond substituents is 1. The summed E-state index contributed by atoms with van der Waals surface area (Å²) >= 11 is 0. The van der Waals surface area contributed by atoms with Gasteiger partial charge in [0.2, 0.25) is 0 Å². The largest absolute Gasteiger partial charge is 0.508 e. The molecule has 0 bridgehead atoms. The summed E-state index contributed by atoms with van der Waals surface area (Å²) in [5.41, 5.74) is 5.93. The van der Waals surface area contributed by atoms with Crippen molar-refractivity contribution >= 4 is 11.0 Å². The summed E-state index contributed by atoms with van der Waals surface area (Å²) in [4.78, 5) is 0. The molecule has 0 radical (unpaired) electrons. The van der Waals surface area contributed by atoms with E-state index >= 15 is 0 Å². The van der Waals surface area contributed by atoms with Crippen molar-refractivity contribution in [3.63, 3.8) is 0 Å². The molecule has 130 valence electrons. The van der Waals surface area contributed by atoms with Crippen LogP contribution in [0.15, 0.2) is 71.1 Å². The van der Waals surface area contributed by atoms with E-state index in [-0.39, 0.29) is 5.92 Å². The smallest absolute Gasteiger partial charge is 0.143 e. The summed E-state index contributed by atoms with van der Waals surface area (Å²) < 4.78 is 6.46. The standard InChI is InChI=1S/C24H22O2/c1-15(2)19-14-20(25)16(3)21-22(17-10-6-4-7-11-17)23(26-24(19)21)18-12-8-5-9-13-18/h4-15,25H,1-3H3. The number of fused-ring (bicyclic) bond motifs is 1. The Morgan fingerprint density at radius 2 is 1.42 bits per heavy atom. The molecule has 0 aliphatic carbocycles. The van der Waals surface area contributed by atoms with Crippen LogP contribution in [0, 0.1) is 6.92 Å². The minimum atomic E-state index is 0.252. The monoisotopic (exact) mass is 342 g/mol. The highest BCUT2D eigenvalue weighted by atomic mass is 16.3. The Balaban J connectivity index is 2.18. The maximum atomic E-state index is 10.6. The lowest BCUT2D eigenvalue weighted by molar-refractivity contribution is 0.470. The van der Waals surface area contributed by atoms with Crippen LogP contribution in [0.5, 0.6) is 5.75 Å². The quantitative estimate of drug-likeness (QED) is 0.439. The lowest BCUT2D eigenvalue weighted by atomic mass is 9.92. The molecule has 1 N–H and O–H groups in total. The molecular weight excluding hydrogens is 320 g/mol. The minimum Gasteiger partial charge on any atom is -0.508 e. The van der Waals surface area contributed by atoms with Gasteiger partial charge in [-0.05, 0) is 24.5 Å². The van der Waals surface area contributed by atoms with E-state index in [9.17, 15) is 5.11 Å². The van der Waals surface area contributed by atoms with Crippen LogP contribution in [-0.4, -0.2) is 5.11 Å². The molecular formula is C24H22O2. The fraction of sp³-hybridized carbons (Fsp3) is 0.167. The first-order chi connectivity index (χ1) is 12.6. The third-order valence-corrected chi connectivity index (χ3v) is 4.94. The van der Waals surface area contributed by atoms with Crippen molar-refractivity contribution in [2.75, 3.05) is 0 Å². The Morgan fingerprint density at radius 1 is 0.846 bits per heavy atom. The summed E-state index contributed by atoms with van der Waals surface area (Å²) in [6.07, 6.45) is 0. The van der Waals surface area contributed by atoms with Gasteiger partial charge in [0.05, 0.1) is 0 Å². The van der Waals surface area contributed by atoms with Crippen molar-refractivity contribution in [1.29, 1.82) is 0 Å². The zero-order chi connectivity index (χ0) is 18.3. The van der Waals surface area contributed by atoms with Crippen molar-refractivity contribution in [3.05, 3.63) is 77.9 Å². The molecule has 1 heterocycles. The van der Waals surface area contributed by atoms with Gasteiger partial charge in [0.15, 0.2) is 0 Å². The molecule has 0 atom stereocenters. The molecule has 1 aromatic heterocycles. The van der Waals surface area contributed by atoms with E-state index in [0.717, 1.165) is 44.5 Å². The number of hydrogen-bond acceptors (Lipinski definition) is 2. The topological polar surface area (TPSA) is 33.4 Å². The summed E-state index contributed by atoms with van der Waals surface area (Å²) in [5, 5.41) is 11.6. The van der Waals surface area contributed by atoms with Crippen LogP contribution in [0.25, 0.3) is 33.4 Å². The van der Waals surface area contributed by atoms with Crippen molar-refractivity contribution in [2.45, 2.75) is 26.7 Å². The average Bonchev–Trinajstić information content (AvgIpc) is 3.06. The molecule has 26 heavy (non-hydrogen) atoms. The van der Waals surface area contributed by atoms with Gasteiger partial charge < -0.3 is 9.52 Å². The van der Waals surface area contributed by atoms with Gasteiger partial charge in [-0.3, -0.25) is 0 Å². The molecule has 4 rings (SSSR count). The van der Waals surface area contributed by atoms with E-state index in [1.54, 1.807) is 0 Å². The predicted molar refractivity (Wildman–Crippen MR) is 108 cm³/mol. The van der Waals surface area contributed by atoms with Crippen molar-refractivity contribution in [2.24, 2.45) is 0 Å². The van der Waals surface area contributed by atoms with Crippen LogP contribution in [0.2, 0.25) is 0 Å². The van der Waals surface area contributed by atoms with Gasteiger partial charge in [0.1, 0.15) is 17.1 Å². The number of benzene rings is 3.